The molecule has 1 aromatic carbocycles. The number of aliphatic imine (C=N–C) groups is 1. The molecule has 0 radical (unpaired) electrons. The molecule has 0 aromatic heterocycles. The summed E-state index contributed by atoms with van der Waals surface area (Å²) in [6.45, 7) is 5.75. The minimum absolute atomic E-state index is 0.0354. The highest BCUT2D eigenvalue weighted by Gasteiger charge is 2.08. The summed E-state index contributed by atoms with van der Waals surface area (Å²) in [6, 6.07) is 6.06. The molecule has 0 aliphatic carbocycles. The first-order valence-corrected chi connectivity index (χ1v) is 7.40. The number of nitrogens with one attached hydrogen (secondary N) is 1. The van der Waals surface area contributed by atoms with Crippen LogP contribution in [0.25, 0.3) is 0 Å². The van der Waals surface area contributed by atoms with Crippen molar-refractivity contribution < 1.29 is 9.13 Å². The molecule has 21 heavy (non-hydrogen) atoms. The van der Waals surface area contributed by atoms with E-state index >= 15 is 0 Å². The van der Waals surface area contributed by atoms with Gasteiger partial charge in [0.15, 0.2) is 5.96 Å². The number of unbranched alkanes of at least 4 members (excludes halogenated alkanes) is 1. The lowest BCUT2D eigenvalue weighted by molar-refractivity contribution is 0.222. The van der Waals surface area contributed by atoms with Crippen LogP contribution < -0.4 is 10.1 Å². The van der Waals surface area contributed by atoms with Crippen LogP contribution in [0.15, 0.2) is 29.3 Å². The molecule has 0 heterocycles. The zero-order chi connectivity index (χ0) is 15.7. The molecule has 0 aliphatic rings. The molecule has 0 fully saturated rings. The average Bonchev–Trinajstić information content (AvgIpc) is 2.48. The monoisotopic (exact) mass is 295 g/mol. The van der Waals surface area contributed by atoms with Gasteiger partial charge in [0.05, 0.1) is 6.54 Å². The molecule has 1 unspecified atom stereocenters. The Labute approximate surface area is 127 Å². The van der Waals surface area contributed by atoms with E-state index in [0.29, 0.717) is 12.3 Å². The van der Waals surface area contributed by atoms with E-state index in [9.17, 15) is 4.39 Å². The molecule has 0 saturated heterocycles. The number of benzene rings is 1. The smallest absolute Gasteiger partial charge is 0.193 e. The van der Waals surface area contributed by atoms with E-state index in [0.717, 1.165) is 25.3 Å². The van der Waals surface area contributed by atoms with Crippen LogP contribution in [0, 0.1) is 5.82 Å². The quantitative estimate of drug-likeness (QED) is 0.621. The molecule has 5 heteroatoms. The van der Waals surface area contributed by atoms with Crippen molar-refractivity contribution in [2.24, 2.45) is 4.99 Å². The van der Waals surface area contributed by atoms with E-state index in [2.05, 4.69) is 22.1 Å². The molecule has 4 nitrogen and oxygen atoms in total. The Bertz CT molecular complexity index is 434. The summed E-state index contributed by atoms with van der Waals surface area (Å²) in [7, 11) is 3.80. The number of hydrogen-bond donors (Lipinski definition) is 1. The Balaban J connectivity index is 2.40. The molecule has 0 saturated carbocycles. The first-order chi connectivity index (χ1) is 10.1. The lowest BCUT2D eigenvalue weighted by Crippen LogP contribution is -2.43. The van der Waals surface area contributed by atoms with Gasteiger partial charge >= 0.3 is 0 Å². The first kappa shape index (κ1) is 17.3. The summed E-state index contributed by atoms with van der Waals surface area (Å²) >= 11 is 0. The van der Waals surface area contributed by atoms with E-state index in [1.807, 2.05) is 14.0 Å². The van der Waals surface area contributed by atoms with Crippen LogP contribution in [-0.2, 0) is 0 Å². The van der Waals surface area contributed by atoms with Crippen LogP contribution >= 0.6 is 0 Å². The van der Waals surface area contributed by atoms with Gasteiger partial charge in [-0.15, -0.1) is 0 Å². The molecule has 1 aromatic rings. The Morgan fingerprint density at radius 1 is 1.38 bits per heavy atom. The van der Waals surface area contributed by atoms with Crippen molar-refractivity contribution in [2.45, 2.75) is 32.8 Å². The second kappa shape index (κ2) is 9.21. The number of nitrogens with zero attached hydrogens (tertiary/aromatic N) is 2. The summed E-state index contributed by atoms with van der Waals surface area (Å²) < 4.78 is 18.5. The van der Waals surface area contributed by atoms with Crippen molar-refractivity contribution >= 4 is 5.96 Å². The molecule has 118 valence electrons. The van der Waals surface area contributed by atoms with Gasteiger partial charge in [-0.05, 0) is 37.6 Å². The van der Waals surface area contributed by atoms with Crippen molar-refractivity contribution in [1.29, 1.82) is 0 Å². The minimum atomic E-state index is -0.258. The predicted octanol–water partition coefficient (Wildman–Crippen LogP) is 2.90. The zero-order valence-corrected chi connectivity index (χ0v) is 13.4. The third kappa shape index (κ3) is 6.47. The van der Waals surface area contributed by atoms with E-state index < -0.39 is 0 Å². The highest BCUT2D eigenvalue weighted by atomic mass is 19.1. The fraction of sp³-hybridized carbons (Fsp3) is 0.562. The lowest BCUT2D eigenvalue weighted by Gasteiger charge is -2.23. The van der Waals surface area contributed by atoms with Crippen molar-refractivity contribution in [3.05, 3.63) is 30.1 Å². The molecule has 0 aliphatic heterocycles. The minimum Gasteiger partial charge on any atom is -0.489 e. The molecule has 0 amide bonds. The van der Waals surface area contributed by atoms with Gasteiger partial charge in [-0.3, -0.25) is 4.99 Å². The Morgan fingerprint density at radius 3 is 2.62 bits per heavy atom. The van der Waals surface area contributed by atoms with Crippen molar-refractivity contribution in [3.63, 3.8) is 0 Å². The van der Waals surface area contributed by atoms with E-state index in [1.165, 1.54) is 12.1 Å². The summed E-state index contributed by atoms with van der Waals surface area (Å²) in [5, 5.41) is 3.29. The van der Waals surface area contributed by atoms with Crippen molar-refractivity contribution in [3.8, 4) is 5.75 Å². The fourth-order valence-electron chi connectivity index (χ4n) is 1.91. The molecule has 0 bridgehead atoms. The van der Waals surface area contributed by atoms with Gasteiger partial charge in [0.25, 0.3) is 0 Å². The van der Waals surface area contributed by atoms with Crippen LogP contribution in [-0.4, -0.2) is 44.1 Å². The molecule has 1 rings (SSSR count). The highest BCUT2D eigenvalue weighted by Crippen LogP contribution is 2.12. The normalized spacial score (nSPS) is 12.9. The van der Waals surface area contributed by atoms with Crippen molar-refractivity contribution in [2.75, 3.05) is 27.2 Å². The Morgan fingerprint density at radius 2 is 2.05 bits per heavy atom. The standard InChI is InChI=1S/C16H26FN3O/c1-5-6-11-20(4)16(18-3)19-12-13(2)21-15-9-7-14(17)8-10-15/h7-10,13H,5-6,11-12H2,1-4H3,(H,18,19). The van der Waals surface area contributed by atoms with Crippen LogP contribution in [0.5, 0.6) is 5.75 Å². The maximum atomic E-state index is 12.8. The van der Waals surface area contributed by atoms with Gasteiger partial charge in [0.2, 0.25) is 0 Å². The summed E-state index contributed by atoms with van der Waals surface area (Å²) in [4.78, 5) is 6.36. The molecular weight excluding hydrogens is 269 g/mol. The number of rotatable bonds is 7. The Hall–Kier alpha value is -1.78. The Kier molecular flexibility index (Phi) is 7.58. The molecule has 1 N–H and O–H groups in total. The molecule has 0 spiro atoms. The van der Waals surface area contributed by atoms with Gasteiger partial charge in [0, 0.05) is 20.6 Å². The number of halogens is 1. The largest absolute Gasteiger partial charge is 0.489 e. The van der Waals surface area contributed by atoms with Crippen LogP contribution in [0.4, 0.5) is 4.39 Å². The topological polar surface area (TPSA) is 36.9 Å². The van der Waals surface area contributed by atoms with E-state index in [1.54, 1.807) is 19.2 Å². The van der Waals surface area contributed by atoms with Crippen LogP contribution in [0.1, 0.15) is 26.7 Å². The lowest BCUT2D eigenvalue weighted by atomic mass is 10.3. The van der Waals surface area contributed by atoms with Crippen molar-refractivity contribution in [1.82, 2.24) is 10.2 Å². The fourth-order valence-corrected chi connectivity index (χ4v) is 1.91. The van der Waals surface area contributed by atoms with Gasteiger partial charge in [-0.2, -0.15) is 0 Å². The van der Waals surface area contributed by atoms with Gasteiger partial charge in [-0.1, -0.05) is 13.3 Å². The van der Waals surface area contributed by atoms with Gasteiger partial charge in [-0.25, -0.2) is 4.39 Å². The molecule has 1 atom stereocenters. The van der Waals surface area contributed by atoms with Crippen LogP contribution in [0.3, 0.4) is 0 Å². The number of ether oxygens (including phenoxy) is 1. The third-order valence-electron chi connectivity index (χ3n) is 3.12. The summed E-state index contributed by atoms with van der Waals surface area (Å²) in [5.41, 5.74) is 0. The average molecular weight is 295 g/mol. The number of guanidine groups is 1. The van der Waals surface area contributed by atoms with E-state index in [4.69, 9.17) is 4.74 Å². The molecular formula is C16H26FN3O. The first-order valence-electron chi connectivity index (χ1n) is 7.40. The zero-order valence-electron chi connectivity index (χ0n) is 13.4. The summed E-state index contributed by atoms with van der Waals surface area (Å²) in [6.07, 6.45) is 2.26. The van der Waals surface area contributed by atoms with Gasteiger partial charge in [0.1, 0.15) is 17.7 Å². The third-order valence-corrected chi connectivity index (χ3v) is 3.12. The summed E-state index contributed by atoms with van der Waals surface area (Å²) in [5.74, 6) is 1.27. The maximum absolute atomic E-state index is 12.8. The van der Waals surface area contributed by atoms with E-state index in [-0.39, 0.29) is 11.9 Å². The maximum Gasteiger partial charge on any atom is 0.193 e. The highest BCUT2D eigenvalue weighted by molar-refractivity contribution is 5.79. The number of hydrogen-bond acceptors (Lipinski definition) is 2. The van der Waals surface area contributed by atoms with Crippen LogP contribution in [0.2, 0.25) is 0 Å². The second-order valence-electron chi connectivity index (χ2n) is 5.09. The SMILES string of the molecule is CCCCN(C)C(=NC)NCC(C)Oc1ccc(F)cc1. The van der Waals surface area contributed by atoms with Gasteiger partial charge < -0.3 is 15.0 Å². The predicted molar refractivity (Wildman–Crippen MR) is 85.4 cm³/mol. The second-order valence-corrected chi connectivity index (χ2v) is 5.09.